The Morgan fingerprint density at radius 3 is 2.32 bits per heavy atom. The molecule has 2 N–H and O–H groups in total. The van der Waals surface area contributed by atoms with Gasteiger partial charge in [0.25, 0.3) is 0 Å². The zero-order chi connectivity index (χ0) is 20.6. The van der Waals surface area contributed by atoms with Gasteiger partial charge in [-0.05, 0) is 50.7 Å². The van der Waals surface area contributed by atoms with Crippen molar-refractivity contribution < 1.29 is 17.9 Å². The van der Waals surface area contributed by atoms with Crippen molar-refractivity contribution in [2.75, 3.05) is 52.9 Å². The molecule has 1 aliphatic rings. The van der Waals surface area contributed by atoms with E-state index in [9.17, 15) is 13.2 Å². The minimum atomic E-state index is -3.76. The van der Waals surface area contributed by atoms with E-state index < -0.39 is 16.1 Å². The largest absolute Gasteiger partial charge is 0.497 e. The summed E-state index contributed by atoms with van der Waals surface area (Å²) in [5.41, 5.74) is 0. The second-order valence-corrected chi connectivity index (χ2v) is 8.65. The Kier molecular flexibility index (Phi) is 8.68. The Morgan fingerprint density at radius 1 is 1.14 bits per heavy atom. The highest BCUT2D eigenvalue weighted by Crippen LogP contribution is 2.15. The van der Waals surface area contributed by atoms with E-state index in [1.807, 2.05) is 0 Å². The number of rotatable bonds is 10. The minimum absolute atomic E-state index is 0.0965. The summed E-state index contributed by atoms with van der Waals surface area (Å²) < 4.78 is 32.2. The third kappa shape index (κ3) is 6.73. The van der Waals surface area contributed by atoms with Crippen molar-refractivity contribution in [2.45, 2.75) is 31.2 Å². The number of piperazine rings is 1. The highest BCUT2D eigenvalue weighted by atomic mass is 32.2. The van der Waals surface area contributed by atoms with Crippen LogP contribution in [-0.2, 0) is 14.8 Å². The number of nitrogens with one attached hydrogen (secondary N) is 2. The molecule has 1 heterocycles. The van der Waals surface area contributed by atoms with E-state index in [4.69, 9.17) is 4.74 Å². The molecule has 0 radical (unpaired) electrons. The molecule has 158 valence electrons. The summed E-state index contributed by atoms with van der Waals surface area (Å²) in [7, 11) is -2.25. The normalized spacial score (nSPS) is 17.2. The van der Waals surface area contributed by atoms with Gasteiger partial charge in [-0.15, -0.1) is 0 Å². The van der Waals surface area contributed by atoms with Gasteiger partial charge in [-0.1, -0.05) is 6.92 Å². The van der Waals surface area contributed by atoms with E-state index in [-0.39, 0.29) is 10.8 Å². The summed E-state index contributed by atoms with van der Waals surface area (Å²) in [4.78, 5) is 17.1. The van der Waals surface area contributed by atoms with Crippen molar-refractivity contribution in [1.29, 1.82) is 0 Å². The Balaban J connectivity index is 1.71. The van der Waals surface area contributed by atoms with E-state index in [2.05, 4.69) is 26.8 Å². The van der Waals surface area contributed by atoms with Crippen LogP contribution in [0.5, 0.6) is 5.75 Å². The maximum Gasteiger partial charge on any atom is 0.241 e. The number of hydrogen-bond acceptors (Lipinski definition) is 6. The average molecular weight is 413 g/mol. The van der Waals surface area contributed by atoms with Gasteiger partial charge >= 0.3 is 0 Å². The summed E-state index contributed by atoms with van der Waals surface area (Å²) in [5.74, 6) is 0.244. The van der Waals surface area contributed by atoms with Gasteiger partial charge in [0.1, 0.15) is 5.75 Å². The number of sulfonamides is 1. The molecule has 0 bridgehead atoms. The SMILES string of the molecule is CCN1CCN(CCCNC(=O)[C@H](C)NS(=O)(=O)c2ccc(OC)cc2)CC1. The molecule has 1 saturated heterocycles. The quantitative estimate of drug-likeness (QED) is 0.544. The third-order valence-electron chi connectivity index (χ3n) is 4.96. The number of benzene rings is 1. The van der Waals surface area contributed by atoms with Crippen LogP contribution in [0.2, 0.25) is 0 Å². The van der Waals surface area contributed by atoms with Gasteiger partial charge in [-0.3, -0.25) is 4.79 Å². The second kappa shape index (κ2) is 10.8. The maximum atomic E-state index is 12.4. The van der Waals surface area contributed by atoms with Gasteiger partial charge in [0.05, 0.1) is 18.0 Å². The molecule has 1 aromatic rings. The van der Waals surface area contributed by atoms with Crippen molar-refractivity contribution in [3.8, 4) is 5.75 Å². The fourth-order valence-electron chi connectivity index (χ4n) is 3.11. The van der Waals surface area contributed by atoms with Crippen molar-refractivity contribution in [2.24, 2.45) is 0 Å². The van der Waals surface area contributed by atoms with Gasteiger partial charge in [0, 0.05) is 32.7 Å². The monoisotopic (exact) mass is 412 g/mol. The molecule has 1 atom stereocenters. The molecule has 0 unspecified atom stereocenters. The molecule has 28 heavy (non-hydrogen) atoms. The van der Waals surface area contributed by atoms with Crippen molar-refractivity contribution in [3.63, 3.8) is 0 Å². The summed E-state index contributed by atoms with van der Waals surface area (Å²) in [6, 6.07) is 5.19. The molecule has 0 spiro atoms. The Labute approximate surface area is 168 Å². The highest BCUT2D eigenvalue weighted by molar-refractivity contribution is 7.89. The molecule has 9 heteroatoms. The van der Waals surface area contributed by atoms with Crippen LogP contribution in [0.15, 0.2) is 29.2 Å². The molecule has 8 nitrogen and oxygen atoms in total. The average Bonchev–Trinajstić information content (AvgIpc) is 2.71. The standard InChI is InChI=1S/C19H32N4O4S/c1-4-22-12-14-23(15-13-22)11-5-10-20-19(24)16(2)21-28(25,26)18-8-6-17(27-3)7-9-18/h6-9,16,21H,4-5,10-15H2,1-3H3,(H,20,24)/t16-/m0/s1. The molecule has 1 aliphatic heterocycles. The van der Waals surface area contributed by atoms with Crippen LogP contribution >= 0.6 is 0 Å². The van der Waals surface area contributed by atoms with Crippen molar-refractivity contribution in [3.05, 3.63) is 24.3 Å². The van der Waals surface area contributed by atoms with E-state index in [1.54, 1.807) is 19.1 Å². The van der Waals surface area contributed by atoms with E-state index in [1.165, 1.54) is 19.2 Å². The molecule has 1 amide bonds. The first-order valence-corrected chi connectivity index (χ1v) is 11.2. The molecular weight excluding hydrogens is 380 g/mol. The van der Waals surface area contributed by atoms with Crippen LogP contribution in [0, 0.1) is 0 Å². The highest BCUT2D eigenvalue weighted by Gasteiger charge is 2.22. The first-order chi connectivity index (χ1) is 13.4. The number of amides is 1. The molecule has 0 aliphatic carbocycles. The number of hydrogen-bond donors (Lipinski definition) is 2. The number of carbonyl (C=O) groups is 1. The summed E-state index contributed by atoms with van der Waals surface area (Å²) in [5, 5.41) is 2.81. The lowest BCUT2D eigenvalue weighted by Gasteiger charge is -2.34. The summed E-state index contributed by atoms with van der Waals surface area (Å²) >= 11 is 0. The fourth-order valence-corrected chi connectivity index (χ4v) is 4.31. The number of carbonyl (C=O) groups excluding carboxylic acids is 1. The van der Waals surface area contributed by atoms with E-state index in [0.29, 0.717) is 12.3 Å². The van der Waals surface area contributed by atoms with Gasteiger partial charge < -0.3 is 19.9 Å². The second-order valence-electron chi connectivity index (χ2n) is 6.94. The van der Waals surface area contributed by atoms with E-state index >= 15 is 0 Å². The van der Waals surface area contributed by atoms with Gasteiger partial charge in [-0.25, -0.2) is 8.42 Å². The molecule has 0 aromatic heterocycles. The third-order valence-corrected chi connectivity index (χ3v) is 6.51. The minimum Gasteiger partial charge on any atom is -0.497 e. The topological polar surface area (TPSA) is 91.0 Å². The lowest BCUT2D eigenvalue weighted by atomic mass is 10.3. The predicted octanol–water partition coefficient (Wildman–Crippen LogP) is 0.506. The Hall–Kier alpha value is -1.68. The van der Waals surface area contributed by atoms with Gasteiger partial charge in [-0.2, -0.15) is 4.72 Å². The van der Waals surface area contributed by atoms with Crippen LogP contribution < -0.4 is 14.8 Å². The van der Waals surface area contributed by atoms with Crippen LogP contribution in [-0.4, -0.2) is 83.1 Å². The Bertz CT molecular complexity index is 716. The molecular formula is C19H32N4O4S. The van der Waals surface area contributed by atoms with Gasteiger partial charge in [0.15, 0.2) is 0 Å². The number of ether oxygens (including phenoxy) is 1. The van der Waals surface area contributed by atoms with E-state index in [0.717, 1.165) is 45.7 Å². The fraction of sp³-hybridized carbons (Fsp3) is 0.632. The smallest absolute Gasteiger partial charge is 0.241 e. The molecule has 1 fully saturated rings. The predicted molar refractivity (Wildman–Crippen MR) is 109 cm³/mol. The van der Waals surface area contributed by atoms with Crippen LogP contribution in [0.3, 0.4) is 0 Å². The number of likely N-dealkylation sites (N-methyl/N-ethyl adjacent to an activating group) is 1. The van der Waals surface area contributed by atoms with Crippen LogP contribution in [0.25, 0.3) is 0 Å². The summed E-state index contributed by atoms with van der Waals surface area (Å²) in [6.07, 6.45) is 0.843. The number of methoxy groups -OCH3 is 1. The van der Waals surface area contributed by atoms with Gasteiger partial charge in [0.2, 0.25) is 15.9 Å². The lowest BCUT2D eigenvalue weighted by Crippen LogP contribution is -2.47. The summed E-state index contributed by atoms with van der Waals surface area (Å²) in [6.45, 7) is 10.6. The molecule has 0 saturated carbocycles. The first-order valence-electron chi connectivity index (χ1n) is 9.74. The maximum absolute atomic E-state index is 12.4. The molecule has 2 rings (SSSR count). The zero-order valence-electron chi connectivity index (χ0n) is 17.0. The Morgan fingerprint density at radius 2 is 1.75 bits per heavy atom. The van der Waals surface area contributed by atoms with Crippen LogP contribution in [0.4, 0.5) is 0 Å². The first kappa shape index (κ1) is 22.6. The lowest BCUT2D eigenvalue weighted by molar-refractivity contribution is -0.122. The molecule has 1 aromatic carbocycles. The van der Waals surface area contributed by atoms with Crippen molar-refractivity contribution in [1.82, 2.24) is 19.8 Å². The van der Waals surface area contributed by atoms with Crippen LogP contribution in [0.1, 0.15) is 20.3 Å². The number of nitrogens with zero attached hydrogens (tertiary/aromatic N) is 2. The van der Waals surface area contributed by atoms with Crippen molar-refractivity contribution >= 4 is 15.9 Å². The zero-order valence-corrected chi connectivity index (χ0v) is 17.8.